The van der Waals surface area contributed by atoms with E-state index < -0.39 is 61.1 Å². The molecule has 12 aromatic rings. The Morgan fingerprint density at radius 2 is 0.235 bits per heavy atom. The first-order valence-electron chi connectivity index (χ1n) is 30.8. The maximum absolute atomic E-state index is 3.57. The van der Waals surface area contributed by atoms with Crippen LogP contribution in [0.25, 0.3) is 0 Å². The first-order valence-corrected chi connectivity index (χ1v) is 52.1. The molecule has 0 heterocycles. The van der Waals surface area contributed by atoms with Crippen LogP contribution in [0.2, 0.25) is 45.2 Å². The fourth-order valence-electron chi connectivity index (χ4n) is 15.0. The van der Waals surface area contributed by atoms with Crippen molar-refractivity contribution < 1.29 is 0 Å². The van der Waals surface area contributed by atoms with E-state index in [0.29, 0.717) is 0 Å². The van der Waals surface area contributed by atoms with Crippen LogP contribution in [0.3, 0.4) is 0 Å². The Morgan fingerprint density at radius 3 is 0.329 bits per heavy atom. The van der Waals surface area contributed by atoms with E-state index in [1.807, 2.05) is 0 Å². The SMILES string of the molecule is c1cc[c]([Ge]([CH2]C[Si](C[CH2][Ge]([c]2ccccc2)([c]2ccccc2)[c]2ccccc2)(C[CH2][Ge]([c]2ccccc2)([c]2ccccc2)[c]2ccccc2)C[CH2][Ge]([c]2ccccc2)([c]2ccccc2)[c]2ccccc2)([c]2ccccc2)[c]2ccccc2)cc1. The van der Waals surface area contributed by atoms with Gasteiger partial charge in [0, 0.05) is 0 Å². The molecule has 85 heavy (non-hydrogen) atoms. The van der Waals surface area contributed by atoms with Gasteiger partial charge in [-0.15, -0.1) is 0 Å². The summed E-state index contributed by atoms with van der Waals surface area (Å²) in [6, 6.07) is 148. The topological polar surface area (TPSA) is 0 Å². The molecule has 0 aliphatic carbocycles. The van der Waals surface area contributed by atoms with Gasteiger partial charge in [-0.1, -0.05) is 0 Å². The van der Waals surface area contributed by atoms with E-state index in [-0.39, 0.29) is 0 Å². The third kappa shape index (κ3) is 12.1. The molecule has 0 bridgehead atoms. The second-order valence-electron chi connectivity index (χ2n) is 23.5. The van der Waals surface area contributed by atoms with Crippen LogP contribution in [0.1, 0.15) is 0 Å². The molecule has 0 spiro atoms. The van der Waals surface area contributed by atoms with Crippen molar-refractivity contribution in [3.63, 3.8) is 0 Å². The van der Waals surface area contributed by atoms with Gasteiger partial charge in [0.15, 0.2) is 0 Å². The van der Waals surface area contributed by atoms with Crippen molar-refractivity contribution in [1.29, 1.82) is 0 Å². The molecule has 0 amide bonds. The van der Waals surface area contributed by atoms with Gasteiger partial charge in [0.2, 0.25) is 0 Å². The predicted octanol–water partition coefficient (Wildman–Crippen LogP) is 12.1. The second-order valence-corrected chi connectivity index (χ2v) is 62.4. The molecule has 0 aliphatic heterocycles. The van der Waals surface area contributed by atoms with Gasteiger partial charge in [-0.3, -0.25) is 0 Å². The Kier molecular flexibility index (Phi) is 19.0. The van der Waals surface area contributed by atoms with E-state index in [9.17, 15) is 0 Å². The van der Waals surface area contributed by atoms with Crippen molar-refractivity contribution in [2.75, 3.05) is 0 Å². The molecule has 0 atom stereocenters. The van der Waals surface area contributed by atoms with E-state index >= 15 is 0 Å². The molecule has 0 unspecified atom stereocenters. The molecule has 0 N–H and O–H groups in total. The van der Waals surface area contributed by atoms with Crippen molar-refractivity contribution in [2.24, 2.45) is 0 Å². The Labute approximate surface area is 518 Å². The zero-order valence-corrected chi connectivity index (χ0v) is 58.2. The molecule has 0 aliphatic rings. The molecule has 0 nitrogen and oxygen atoms in total. The summed E-state index contributed by atoms with van der Waals surface area (Å²) >= 11 is -14.3. The monoisotopic (exact) mass is 1360 g/mol. The van der Waals surface area contributed by atoms with Crippen LogP contribution in [-0.4, -0.2) is 61.1 Å². The van der Waals surface area contributed by atoms with Gasteiger partial charge < -0.3 is 0 Å². The van der Waals surface area contributed by atoms with Crippen molar-refractivity contribution >= 4 is 114 Å². The summed E-state index contributed by atoms with van der Waals surface area (Å²) in [6.45, 7) is 0. The summed E-state index contributed by atoms with van der Waals surface area (Å²) in [6.07, 6.45) is 0. The minimum absolute atomic E-state index is 1.19. The van der Waals surface area contributed by atoms with Crippen molar-refractivity contribution in [2.45, 2.75) is 45.2 Å². The van der Waals surface area contributed by atoms with Crippen LogP contribution < -0.4 is 52.8 Å². The Hall–Kier alpha value is -6.97. The number of hydrogen-bond donors (Lipinski definition) is 0. The fraction of sp³-hybridized carbons (Fsp3) is 0.100. The molecular formula is C80H76Ge4Si. The van der Waals surface area contributed by atoms with E-state index in [4.69, 9.17) is 0 Å². The molecule has 0 saturated heterocycles. The van der Waals surface area contributed by atoms with Crippen LogP contribution in [0.15, 0.2) is 364 Å². The number of rotatable bonds is 24. The summed E-state index contributed by atoms with van der Waals surface area (Å²) in [7, 11) is -2.64. The normalized spacial score (nSPS) is 12.1. The first kappa shape index (κ1) is 58.4. The standard InChI is InChI=1S/C80H76Ge4Si/c1-13-37-69(38-14-1)81(70-39-15-2-16-40-70,71-41-17-3-18-42-71)61-65-85(66-62-82(72-43-19-4-20-44-72,73-45-21-5-22-46-73)74-47-23-6-24-48-74,67-63-83(75-49-25-7-26-50-75,76-51-27-8-28-52-76)77-53-29-9-30-54-77)68-64-84(78-55-31-10-32-56-78,79-57-33-11-34-58-79)80-59-35-12-36-60-80/h1-60H,61-68H2. The average molecular weight is 1360 g/mol. The van der Waals surface area contributed by atoms with Gasteiger partial charge in [0.1, 0.15) is 0 Å². The molecule has 0 radical (unpaired) electrons. The summed E-state index contributed by atoms with van der Waals surface area (Å²) in [5.41, 5.74) is 0. The number of hydrogen-bond acceptors (Lipinski definition) is 0. The van der Waals surface area contributed by atoms with E-state index in [2.05, 4.69) is 364 Å². The van der Waals surface area contributed by atoms with E-state index in [1.54, 1.807) is 52.8 Å². The summed E-state index contributed by atoms with van der Waals surface area (Å²) in [4.78, 5) is 0. The molecule has 0 saturated carbocycles. The maximum atomic E-state index is 2.52. The summed E-state index contributed by atoms with van der Waals surface area (Å²) in [5, 5.41) is 4.76. The van der Waals surface area contributed by atoms with Crippen LogP contribution in [0.5, 0.6) is 0 Å². The second kappa shape index (κ2) is 27.6. The van der Waals surface area contributed by atoms with Gasteiger partial charge in [-0.2, -0.15) is 0 Å². The molecule has 0 fully saturated rings. The van der Waals surface area contributed by atoms with Crippen molar-refractivity contribution in [3.05, 3.63) is 364 Å². The van der Waals surface area contributed by atoms with Gasteiger partial charge >= 0.3 is 523 Å². The number of benzene rings is 12. The molecule has 12 aromatic carbocycles. The first-order chi connectivity index (χ1) is 42.1. The Bertz CT molecular complexity index is 2990. The molecular weight excluding hydrogens is 1280 g/mol. The molecule has 416 valence electrons. The predicted molar refractivity (Wildman–Crippen MR) is 380 cm³/mol. The third-order valence-corrected chi connectivity index (χ3v) is 70.4. The average Bonchev–Trinajstić information content (AvgIpc) is 2.08. The summed E-state index contributed by atoms with van der Waals surface area (Å²) in [5.74, 6) is 0. The molecule has 5 heteroatoms. The minimum atomic E-state index is -3.57. The zero-order chi connectivity index (χ0) is 57.5. The molecule has 12 rings (SSSR count). The molecule has 0 aromatic heterocycles. The van der Waals surface area contributed by atoms with Crippen LogP contribution in [0, 0.1) is 0 Å². The summed E-state index contributed by atoms with van der Waals surface area (Å²) < 4.78 is 18.7. The zero-order valence-electron chi connectivity index (χ0n) is 48.8. The van der Waals surface area contributed by atoms with Gasteiger partial charge in [-0.05, 0) is 0 Å². The Balaban J connectivity index is 1.15. The van der Waals surface area contributed by atoms with Crippen LogP contribution >= 0.6 is 0 Å². The van der Waals surface area contributed by atoms with Crippen LogP contribution in [-0.2, 0) is 0 Å². The van der Waals surface area contributed by atoms with Gasteiger partial charge in [0.25, 0.3) is 0 Å². The third-order valence-electron chi connectivity index (χ3n) is 19.3. The van der Waals surface area contributed by atoms with Crippen LogP contribution in [0.4, 0.5) is 0 Å². The van der Waals surface area contributed by atoms with E-state index in [0.717, 1.165) is 0 Å². The van der Waals surface area contributed by atoms with E-state index in [1.165, 1.54) is 45.2 Å². The Morgan fingerprint density at radius 1 is 0.141 bits per heavy atom. The van der Waals surface area contributed by atoms with Gasteiger partial charge in [-0.25, -0.2) is 0 Å². The van der Waals surface area contributed by atoms with Crippen molar-refractivity contribution in [1.82, 2.24) is 0 Å². The fourth-order valence-corrected chi connectivity index (χ4v) is 77.7. The van der Waals surface area contributed by atoms with Gasteiger partial charge in [0.05, 0.1) is 0 Å². The van der Waals surface area contributed by atoms with Crippen molar-refractivity contribution in [3.8, 4) is 0 Å². The quantitative estimate of drug-likeness (QED) is 0.0529.